The van der Waals surface area contributed by atoms with Gasteiger partial charge < -0.3 is 10.1 Å². The number of aryl methyl sites for hydroxylation is 1. The summed E-state index contributed by atoms with van der Waals surface area (Å²) in [4.78, 5) is 8.47. The number of hydrogen-bond donors (Lipinski definition) is 1. The van der Waals surface area contributed by atoms with Gasteiger partial charge >= 0.3 is 0 Å². The smallest absolute Gasteiger partial charge is 0.122 e. The maximum absolute atomic E-state index is 5.71. The van der Waals surface area contributed by atoms with Gasteiger partial charge in [-0.1, -0.05) is 30.3 Å². The van der Waals surface area contributed by atoms with Crippen molar-refractivity contribution in [2.75, 3.05) is 6.61 Å². The Bertz CT molecular complexity index is 862. The highest BCUT2D eigenvalue weighted by Gasteiger charge is 2.11. The van der Waals surface area contributed by atoms with E-state index in [-0.39, 0.29) is 6.04 Å². The molecule has 1 aliphatic heterocycles. The van der Waals surface area contributed by atoms with Crippen molar-refractivity contribution in [3.63, 3.8) is 0 Å². The van der Waals surface area contributed by atoms with Crippen LogP contribution in [0.25, 0.3) is 11.1 Å². The van der Waals surface area contributed by atoms with E-state index < -0.39 is 0 Å². The summed E-state index contributed by atoms with van der Waals surface area (Å²) in [6, 6.07) is 15.4. The van der Waals surface area contributed by atoms with Gasteiger partial charge in [0, 0.05) is 31.2 Å². The van der Waals surface area contributed by atoms with Crippen molar-refractivity contribution in [2.45, 2.75) is 32.4 Å². The van der Waals surface area contributed by atoms with Gasteiger partial charge in [0.25, 0.3) is 0 Å². The molecular weight excluding hydrogens is 322 g/mol. The first kappa shape index (κ1) is 16.7. The van der Waals surface area contributed by atoms with E-state index in [0.29, 0.717) is 0 Å². The lowest BCUT2D eigenvalue weighted by Crippen LogP contribution is -2.19. The number of nitrogens with one attached hydrogen (secondary N) is 1. The molecule has 1 unspecified atom stereocenters. The van der Waals surface area contributed by atoms with Gasteiger partial charge in [0.15, 0.2) is 0 Å². The quantitative estimate of drug-likeness (QED) is 0.748. The molecule has 0 saturated carbocycles. The largest absolute Gasteiger partial charge is 0.493 e. The number of benzene rings is 2. The molecule has 1 N–H and O–H groups in total. The predicted octanol–water partition coefficient (Wildman–Crippen LogP) is 4.32. The lowest BCUT2D eigenvalue weighted by molar-refractivity contribution is 0.288. The zero-order valence-corrected chi connectivity index (χ0v) is 15.0. The minimum atomic E-state index is 0.170. The molecule has 1 atom stereocenters. The minimum Gasteiger partial charge on any atom is -0.493 e. The number of rotatable bonds is 5. The van der Waals surface area contributed by atoms with E-state index in [4.69, 9.17) is 4.74 Å². The van der Waals surface area contributed by atoms with Gasteiger partial charge in [-0.05, 0) is 54.2 Å². The summed E-state index contributed by atoms with van der Waals surface area (Å²) < 4.78 is 5.71. The summed E-state index contributed by atoms with van der Waals surface area (Å²) in [5.41, 5.74) is 6.02. The van der Waals surface area contributed by atoms with Gasteiger partial charge in [0.2, 0.25) is 0 Å². The van der Waals surface area contributed by atoms with E-state index in [2.05, 4.69) is 64.7 Å². The molecule has 0 amide bonds. The monoisotopic (exact) mass is 345 g/mol. The van der Waals surface area contributed by atoms with Crippen molar-refractivity contribution in [1.29, 1.82) is 0 Å². The number of hydrogen-bond acceptors (Lipinski definition) is 4. The van der Waals surface area contributed by atoms with Gasteiger partial charge in [-0.2, -0.15) is 0 Å². The molecule has 0 bridgehead atoms. The maximum atomic E-state index is 5.71. The molecule has 2 heterocycles. The first-order chi connectivity index (χ1) is 12.8. The van der Waals surface area contributed by atoms with E-state index in [9.17, 15) is 0 Å². The van der Waals surface area contributed by atoms with Crippen LogP contribution in [-0.2, 0) is 13.0 Å². The highest BCUT2D eigenvalue weighted by Crippen LogP contribution is 2.30. The van der Waals surface area contributed by atoms with E-state index >= 15 is 0 Å². The van der Waals surface area contributed by atoms with Crippen LogP contribution in [0.5, 0.6) is 5.75 Å². The highest BCUT2D eigenvalue weighted by atomic mass is 16.5. The molecule has 4 rings (SSSR count). The third kappa shape index (κ3) is 3.75. The normalized spacial score (nSPS) is 14.3. The Morgan fingerprint density at radius 1 is 1.08 bits per heavy atom. The van der Waals surface area contributed by atoms with Crippen LogP contribution in [0, 0.1) is 0 Å². The second-order valence-electron chi connectivity index (χ2n) is 6.70. The summed E-state index contributed by atoms with van der Waals surface area (Å²) in [7, 11) is 0. The summed E-state index contributed by atoms with van der Waals surface area (Å²) in [6.07, 6.45) is 7.44. The lowest BCUT2D eigenvalue weighted by atomic mass is 9.98. The Morgan fingerprint density at radius 3 is 2.73 bits per heavy atom. The minimum absolute atomic E-state index is 0.170. The number of fused-ring (bicyclic) bond motifs is 1. The van der Waals surface area contributed by atoms with Crippen molar-refractivity contribution in [2.24, 2.45) is 0 Å². The van der Waals surface area contributed by atoms with Crippen LogP contribution in [0.2, 0.25) is 0 Å². The molecule has 4 nitrogen and oxygen atoms in total. The molecule has 0 saturated heterocycles. The second kappa shape index (κ2) is 7.67. The molecule has 4 heteroatoms. The SMILES string of the molecule is CC(NCc1ccc(-c2ccc3c(c2)CCCO3)cc1)c1cnccn1. The molecule has 26 heavy (non-hydrogen) atoms. The average Bonchev–Trinajstić information content (AvgIpc) is 2.72. The number of ether oxygens (including phenoxy) is 1. The molecule has 1 aromatic heterocycles. The molecule has 0 aliphatic carbocycles. The summed E-state index contributed by atoms with van der Waals surface area (Å²) in [6.45, 7) is 3.74. The van der Waals surface area contributed by atoms with Crippen molar-refractivity contribution in [3.8, 4) is 16.9 Å². The summed E-state index contributed by atoms with van der Waals surface area (Å²) in [5, 5.41) is 3.50. The zero-order valence-electron chi connectivity index (χ0n) is 15.0. The third-order valence-electron chi connectivity index (χ3n) is 4.83. The molecular formula is C22H23N3O. The van der Waals surface area contributed by atoms with Crippen LogP contribution in [-0.4, -0.2) is 16.6 Å². The first-order valence-corrected chi connectivity index (χ1v) is 9.14. The van der Waals surface area contributed by atoms with Crippen LogP contribution in [0.15, 0.2) is 61.1 Å². The number of nitrogens with zero attached hydrogens (tertiary/aromatic N) is 2. The second-order valence-corrected chi connectivity index (χ2v) is 6.70. The van der Waals surface area contributed by atoms with Crippen LogP contribution < -0.4 is 10.1 Å². The van der Waals surface area contributed by atoms with Gasteiger partial charge in [-0.25, -0.2) is 0 Å². The number of aromatic nitrogens is 2. The molecule has 0 radical (unpaired) electrons. The Labute approximate surface area is 154 Å². The molecule has 0 fully saturated rings. The van der Waals surface area contributed by atoms with Crippen LogP contribution >= 0.6 is 0 Å². The molecule has 1 aliphatic rings. The van der Waals surface area contributed by atoms with Crippen LogP contribution in [0.4, 0.5) is 0 Å². The average molecular weight is 345 g/mol. The first-order valence-electron chi connectivity index (χ1n) is 9.14. The topological polar surface area (TPSA) is 47.0 Å². The fraction of sp³-hybridized carbons (Fsp3) is 0.273. The Kier molecular flexibility index (Phi) is 4.93. The fourth-order valence-electron chi connectivity index (χ4n) is 3.26. The Morgan fingerprint density at radius 2 is 1.92 bits per heavy atom. The molecule has 132 valence electrons. The predicted molar refractivity (Wildman–Crippen MR) is 103 cm³/mol. The Balaban J connectivity index is 1.42. The summed E-state index contributed by atoms with van der Waals surface area (Å²) >= 11 is 0. The maximum Gasteiger partial charge on any atom is 0.122 e. The van der Waals surface area contributed by atoms with E-state index in [1.165, 1.54) is 22.3 Å². The lowest BCUT2D eigenvalue weighted by Gasteiger charge is -2.18. The van der Waals surface area contributed by atoms with Crippen molar-refractivity contribution < 1.29 is 4.74 Å². The molecule has 2 aromatic carbocycles. The van der Waals surface area contributed by atoms with Gasteiger partial charge in [-0.15, -0.1) is 0 Å². The van der Waals surface area contributed by atoms with Crippen molar-refractivity contribution in [1.82, 2.24) is 15.3 Å². The van der Waals surface area contributed by atoms with E-state index in [0.717, 1.165) is 37.4 Å². The van der Waals surface area contributed by atoms with Crippen LogP contribution in [0.1, 0.15) is 36.2 Å². The molecule has 0 spiro atoms. The Hall–Kier alpha value is -2.72. The van der Waals surface area contributed by atoms with Gasteiger partial charge in [0.05, 0.1) is 12.3 Å². The van der Waals surface area contributed by atoms with Gasteiger partial charge in [-0.3, -0.25) is 9.97 Å². The fourth-order valence-corrected chi connectivity index (χ4v) is 3.26. The van der Waals surface area contributed by atoms with E-state index in [1.807, 2.05) is 0 Å². The standard InChI is InChI=1S/C22H23N3O/c1-16(21-15-23-10-11-24-21)25-14-17-4-6-18(7-5-17)19-8-9-22-20(13-19)3-2-12-26-22/h4-11,13,15-16,25H,2-3,12,14H2,1H3. The third-order valence-corrected chi connectivity index (χ3v) is 4.83. The van der Waals surface area contributed by atoms with Gasteiger partial charge in [0.1, 0.15) is 5.75 Å². The van der Waals surface area contributed by atoms with E-state index in [1.54, 1.807) is 18.6 Å². The van der Waals surface area contributed by atoms with Crippen molar-refractivity contribution >= 4 is 0 Å². The highest BCUT2D eigenvalue weighted by molar-refractivity contribution is 5.66. The zero-order chi connectivity index (χ0) is 17.8. The van der Waals surface area contributed by atoms with Crippen molar-refractivity contribution in [3.05, 3.63) is 77.9 Å². The van der Waals surface area contributed by atoms with Crippen LogP contribution in [0.3, 0.4) is 0 Å². The summed E-state index contributed by atoms with van der Waals surface area (Å²) in [5.74, 6) is 1.04. The molecule has 3 aromatic rings.